The summed E-state index contributed by atoms with van der Waals surface area (Å²) >= 11 is 0. The SMILES string of the molecule is C[C@]12CCC3c4ccc(O)cc4CCC3C1CC/C2=N\O.C[C@]12CCC3c4ccc(O)cc4CCC3C1CCC2=O. The first-order valence-electron chi connectivity index (χ1n) is 16.1. The topological polar surface area (TPSA) is 90.1 Å². The quantitative estimate of drug-likeness (QED) is 0.228. The van der Waals surface area contributed by atoms with Crippen LogP contribution in [0.1, 0.15) is 112 Å². The number of carbonyl (C=O) groups excluding carboxylic acids is 1. The Morgan fingerprint density at radius 3 is 1.76 bits per heavy atom. The van der Waals surface area contributed by atoms with Crippen molar-refractivity contribution in [2.24, 2.45) is 39.7 Å². The van der Waals surface area contributed by atoms with Gasteiger partial charge in [-0.05, 0) is 153 Å². The third-order valence-corrected chi connectivity index (χ3v) is 13.0. The van der Waals surface area contributed by atoms with Gasteiger partial charge in [0, 0.05) is 17.3 Å². The number of phenolic OH excluding ortho intramolecular Hbond substituents is 2. The second kappa shape index (κ2) is 9.88. The molecule has 6 aliphatic carbocycles. The van der Waals surface area contributed by atoms with Crippen molar-refractivity contribution in [1.82, 2.24) is 0 Å². The molecule has 0 aromatic heterocycles. The van der Waals surface area contributed by atoms with Gasteiger partial charge >= 0.3 is 0 Å². The van der Waals surface area contributed by atoms with Crippen LogP contribution in [0.2, 0.25) is 0 Å². The molecule has 8 atom stereocenters. The van der Waals surface area contributed by atoms with Crippen LogP contribution in [0.4, 0.5) is 0 Å². The summed E-state index contributed by atoms with van der Waals surface area (Å²) in [4.78, 5) is 12.3. The van der Waals surface area contributed by atoms with E-state index in [4.69, 9.17) is 0 Å². The van der Waals surface area contributed by atoms with Gasteiger partial charge in [-0.3, -0.25) is 4.79 Å². The van der Waals surface area contributed by atoms with Gasteiger partial charge in [-0.15, -0.1) is 0 Å². The number of Topliss-reactive ketones (excluding diaryl/α,β-unsaturated/α-hetero) is 1. The molecule has 0 radical (unpaired) electrons. The molecule has 0 spiro atoms. The highest BCUT2D eigenvalue weighted by Crippen LogP contribution is 2.61. The van der Waals surface area contributed by atoms with Crippen molar-refractivity contribution in [3.63, 3.8) is 0 Å². The van der Waals surface area contributed by atoms with E-state index in [1.807, 2.05) is 24.3 Å². The molecule has 0 saturated heterocycles. The minimum atomic E-state index is -0.0322. The Hall–Kier alpha value is -2.82. The van der Waals surface area contributed by atoms with Crippen molar-refractivity contribution in [2.45, 2.75) is 103 Å². The van der Waals surface area contributed by atoms with Crippen LogP contribution in [0.25, 0.3) is 0 Å². The molecule has 4 fully saturated rings. The molecule has 2 aromatic rings. The van der Waals surface area contributed by atoms with E-state index >= 15 is 0 Å². The first-order valence-corrected chi connectivity index (χ1v) is 16.1. The molecule has 0 bridgehead atoms. The van der Waals surface area contributed by atoms with Crippen LogP contribution >= 0.6 is 0 Å². The van der Waals surface area contributed by atoms with E-state index in [1.165, 1.54) is 47.9 Å². The highest BCUT2D eigenvalue weighted by Gasteiger charge is 2.55. The van der Waals surface area contributed by atoms with E-state index in [1.54, 1.807) is 0 Å². The summed E-state index contributed by atoms with van der Waals surface area (Å²) in [6.07, 6.45) is 13.1. The van der Waals surface area contributed by atoms with Crippen LogP contribution < -0.4 is 0 Å². The number of hydrogen-bond acceptors (Lipinski definition) is 5. The van der Waals surface area contributed by atoms with Gasteiger partial charge in [-0.25, -0.2) is 0 Å². The Kier molecular flexibility index (Phi) is 6.52. The summed E-state index contributed by atoms with van der Waals surface area (Å²) in [6, 6.07) is 11.8. The minimum Gasteiger partial charge on any atom is -0.508 e. The molecule has 218 valence electrons. The normalized spacial score (nSPS) is 39.4. The Balaban J connectivity index is 0.000000135. The van der Waals surface area contributed by atoms with Crippen LogP contribution in [0, 0.1) is 34.5 Å². The van der Waals surface area contributed by atoms with Crippen LogP contribution in [-0.2, 0) is 17.6 Å². The van der Waals surface area contributed by atoms with E-state index in [0.717, 1.165) is 57.1 Å². The molecule has 2 aromatic carbocycles. The standard InChI is InChI=1S/C18H23NO2.C18H22O2/c1-18-9-8-14-13-5-3-12(20)10-11(13)2-4-15(14)16(18)6-7-17(18)19-21;1-18-9-8-14-13-5-3-12(19)10-11(13)2-4-15(14)16(18)6-7-17(18)20/h3,5,10,14-16,20-21H,2,4,6-9H2,1H3;3,5,10,14-16,19H,2,4,6-9H2,1H3/b19-17+;/t2*14?,15?,16?,18-/m00/s1. The monoisotopic (exact) mass is 555 g/mol. The molecule has 6 unspecified atom stereocenters. The average Bonchev–Trinajstić information content (AvgIpc) is 3.48. The summed E-state index contributed by atoms with van der Waals surface area (Å²) in [6.45, 7) is 4.53. The van der Waals surface area contributed by atoms with Crippen LogP contribution in [0.5, 0.6) is 11.5 Å². The maximum Gasteiger partial charge on any atom is 0.139 e. The lowest BCUT2D eigenvalue weighted by molar-refractivity contribution is -0.129. The zero-order valence-corrected chi connectivity index (χ0v) is 24.6. The maximum atomic E-state index is 12.3. The fraction of sp³-hybridized carbons (Fsp3) is 0.611. The smallest absolute Gasteiger partial charge is 0.139 e. The molecule has 5 heteroatoms. The first kappa shape index (κ1) is 27.0. The van der Waals surface area contributed by atoms with Gasteiger partial charge in [0.1, 0.15) is 17.3 Å². The number of rotatable bonds is 0. The van der Waals surface area contributed by atoms with Gasteiger partial charge in [0.15, 0.2) is 0 Å². The van der Waals surface area contributed by atoms with Crippen LogP contribution in [0.15, 0.2) is 41.6 Å². The van der Waals surface area contributed by atoms with Crippen LogP contribution in [0.3, 0.4) is 0 Å². The average molecular weight is 556 g/mol. The third-order valence-electron chi connectivity index (χ3n) is 13.0. The highest BCUT2D eigenvalue weighted by molar-refractivity contribution is 5.92. The molecule has 0 amide bonds. The van der Waals surface area contributed by atoms with Crippen molar-refractivity contribution in [3.8, 4) is 11.5 Å². The number of oxime groups is 1. The minimum absolute atomic E-state index is 0.0322. The van der Waals surface area contributed by atoms with Crippen molar-refractivity contribution < 1.29 is 20.2 Å². The third kappa shape index (κ3) is 4.16. The second-order valence-corrected chi connectivity index (χ2v) is 14.6. The zero-order chi connectivity index (χ0) is 28.5. The van der Waals surface area contributed by atoms with Gasteiger partial charge in [-0.1, -0.05) is 31.1 Å². The van der Waals surface area contributed by atoms with Gasteiger partial charge in [0.05, 0.1) is 5.71 Å². The summed E-state index contributed by atoms with van der Waals surface area (Å²) < 4.78 is 0. The van der Waals surface area contributed by atoms with Gasteiger partial charge in [0.25, 0.3) is 0 Å². The maximum absolute atomic E-state index is 12.3. The fourth-order valence-electron chi connectivity index (χ4n) is 10.9. The molecule has 41 heavy (non-hydrogen) atoms. The van der Waals surface area contributed by atoms with Crippen molar-refractivity contribution in [3.05, 3.63) is 58.7 Å². The molecule has 5 nitrogen and oxygen atoms in total. The van der Waals surface area contributed by atoms with Gasteiger partial charge < -0.3 is 15.4 Å². The number of fused-ring (bicyclic) bond motifs is 10. The number of phenols is 2. The molecule has 0 aliphatic heterocycles. The Morgan fingerprint density at radius 2 is 1.20 bits per heavy atom. The number of ketones is 1. The number of benzene rings is 2. The van der Waals surface area contributed by atoms with Gasteiger partial charge in [0.2, 0.25) is 0 Å². The number of nitrogens with zero attached hydrogens (tertiary/aromatic N) is 1. The summed E-state index contributed by atoms with van der Waals surface area (Å²) in [5.74, 6) is 5.17. The van der Waals surface area contributed by atoms with Crippen molar-refractivity contribution >= 4 is 11.5 Å². The first-order chi connectivity index (χ1) is 19.7. The van der Waals surface area contributed by atoms with E-state index in [0.29, 0.717) is 52.8 Å². The van der Waals surface area contributed by atoms with E-state index in [9.17, 15) is 20.2 Å². The summed E-state index contributed by atoms with van der Waals surface area (Å²) in [5, 5.41) is 32.3. The molecule has 0 heterocycles. The molecular weight excluding hydrogens is 510 g/mol. The largest absolute Gasteiger partial charge is 0.508 e. The number of carbonyl (C=O) groups is 1. The number of hydrogen-bond donors (Lipinski definition) is 3. The Labute approximate surface area is 244 Å². The van der Waals surface area contributed by atoms with E-state index < -0.39 is 0 Å². The molecule has 6 aliphatic rings. The Morgan fingerprint density at radius 1 is 0.683 bits per heavy atom. The predicted octanol–water partition coefficient (Wildman–Crippen LogP) is 7.90. The van der Waals surface area contributed by atoms with E-state index in [-0.39, 0.29) is 10.8 Å². The van der Waals surface area contributed by atoms with Crippen LogP contribution in [-0.4, -0.2) is 26.9 Å². The predicted molar refractivity (Wildman–Crippen MR) is 160 cm³/mol. The summed E-state index contributed by atoms with van der Waals surface area (Å²) in [5.41, 5.74) is 6.69. The molecule has 8 rings (SSSR count). The lowest BCUT2D eigenvalue weighted by Crippen LogP contribution is -2.42. The number of aryl methyl sites for hydroxylation is 2. The van der Waals surface area contributed by atoms with E-state index in [2.05, 4.69) is 31.1 Å². The van der Waals surface area contributed by atoms with Crippen molar-refractivity contribution in [1.29, 1.82) is 0 Å². The highest BCUT2D eigenvalue weighted by atomic mass is 16.4. The zero-order valence-electron chi connectivity index (χ0n) is 24.6. The molecule has 3 N–H and O–H groups in total. The lowest BCUT2D eigenvalue weighted by atomic mass is 9.55. The van der Waals surface area contributed by atoms with Gasteiger partial charge in [-0.2, -0.15) is 0 Å². The fourth-order valence-corrected chi connectivity index (χ4v) is 10.9. The second-order valence-electron chi connectivity index (χ2n) is 14.6. The molecular formula is C36H45NO4. The number of aromatic hydroxyl groups is 2. The lowest BCUT2D eigenvalue weighted by Gasteiger charge is -2.48. The molecule has 4 saturated carbocycles. The Bertz CT molecular complexity index is 1400. The summed E-state index contributed by atoms with van der Waals surface area (Å²) in [7, 11) is 0. The van der Waals surface area contributed by atoms with Crippen molar-refractivity contribution in [2.75, 3.05) is 0 Å².